The van der Waals surface area contributed by atoms with Crippen molar-refractivity contribution < 1.29 is 29.2 Å². The van der Waals surface area contributed by atoms with Crippen LogP contribution in [0.5, 0.6) is 0 Å². The third kappa shape index (κ3) is 6.06. The van der Waals surface area contributed by atoms with Crippen molar-refractivity contribution in [3.63, 3.8) is 0 Å². The smallest absolute Gasteiger partial charge is 0.305 e. The Morgan fingerprint density at radius 3 is 2.31 bits per heavy atom. The van der Waals surface area contributed by atoms with E-state index in [4.69, 9.17) is 0 Å². The minimum absolute atomic E-state index is 0.0454. The number of carboxylic acid groups (broad SMARTS) is 1. The fourth-order valence-electron chi connectivity index (χ4n) is 4.46. The highest BCUT2D eigenvalue weighted by atomic mass is 16.6. The summed E-state index contributed by atoms with van der Waals surface area (Å²) >= 11 is 0. The number of nitrogens with zero attached hydrogens (tertiary/aromatic N) is 4. The molecule has 1 aromatic heterocycles. The van der Waals surface area contributed by atoms with E-state index in [9.17, 15) is 34.4 Å². The summed E-state index contributed by atoms with van der Waals surface area (Å²) in [7, 11) is 0. The second-order valence-corrected chi connectivity index (χ2v) is 8.99. The Morgan fingerprint density at radius 2 is 1.69 bits per heavy atom. The van der Waals surface area contributed by atoms with E-state index in [1.807, 2.05) is 13.0 Å². The van der Waals surface area contributed by atoms with Crippen molar-refractivity contribution >= 4 is 29.4 Å². The maximum Gasteiger partial charge on any atom is 0.305 e. The summed E-state index contributed by atoms with van der Waals surface area (Å²) in [6.07, 6.45) is 0.857. The Kier molecular flexibility index (Phi) is 7.94. The molecule has 2 unspecified atom stereocenters. The first-order valence-electron chi connectivity index (χ1n) is 12.0. The lowest BCUT2D eigenvalue weighted by Gasteiger charge is -2.31. The van der Waals surface area contributed by atoms with Crippen molar-refractivity contribution in [2.24, 2.45) is 0 Å². The number of non-ortho nitro benzene ring substituents is 1. The summed E-state index contributed by atoms with van der Waals surface area (Å²) in [4.78, 5) is 69.3. The van der Waals surface area contributed by atoms with Gasteiger partial charge in [-0.15, -0.1) is 0 Å². The number of nitro benzene ring substituents is 1. The highest BCUT2D eigenvalue weighted by Crippen LogP contribution is 2.25. The first-order chi connectivity index (χ1) is 18.7. The number of hydrogen-bond acceptors (Lipinski definition) is 7. The van der Waals surface area contributed by atoms with E-state index in [2.05, 4.69) is 10.3 Å². The fourth-order valence-corrected chi connectivity index (χ4v) is 4.46. The van der Waals surface area contributed by atoms with Gasteiger partial charge in [-0.1, -0.05) is 29.8 Å². The van der Waals surface area contributed by atoms with Crippen LogP contribution < -0.4 is 5.32 Å². The zero-order chi connectivity index (χ0) is 28.1. The number of pyridine rings is 1. The molecule has 1 aliphatic heterocycles. The summed E-state index contributed by atoms with van der Waals surface area (Å²) in [5.74, 6) is -3.07. The average Bonchev–Trinajstić information content (AvgIpc) is 3.37. The minimum Gasteiger partial charge on any atom is -0.481 e. The maximum absolute atomic E-state index is 13.7. The molecule has 2 heterocycles. The number of amides is 3. The van der Waals surface area contributed by atoms with Crippen LogP contribution in [0.15, 0.2) is 73.1 Å². The Balaban J connectivity index is 1.70. The monoisotopic (exact) mass is 531 g/mol. The first-order valence-corrected chi connectivity index (χ1v) is 12.0. The summed E-state index contributed by atoms with van der Waals surface area (Å²) in [6, 6.07) is 14.0. The second kappa shape index (κ2) is 11.5. The molecule has 0 spiro atoms. The zero-order valence-electron chi connectivity index (χ0n) is 20.9. The lowest BCUT2D eigenvalue weighted by Crippen LogP contribution is -2.54. The molecule has 12 heteroatoms. The number of carbonyl (C=O) groups is 4. The van der Waals surface area contributed by atoms with Crippen LogP contribution in [0, 0.1) is 17.0 Å². The number of carbonyl (C=O) groups excluding carboxylic acids is 3. The van der Waals surface area contributed by atoms with Crippen molar-refractivity contribution in [1.29, 1.82) is 0 Å². The predicted molar refractivity (Wildman–Crippen MR) is 138 cm³/mol. The van der Waals surface area contributed by atoms with Gasteiger partial charge in [0.25, 0.3) is 23.4 Å². The van der Waals surface area contributed by atoms with Crippen LogP contribution in [0.3, 0.4) is 0 Å². The van der Waals surface area contributed by atoms with E-state index in [0.29, 0.717) is 5.56 Å². The van der Waals surface area contributed by atoms with Crippen molar-refractivity contribution in [2.45, 2.75) is 25.6 Å². The van der Waals surface area contributed by atoms with Gasteiger partial charge < -0.3 is 20.2 Å². The molecule has 1 fully saturated rings. The number of hydrogen-bond donors (Lipinski definition) is 2. The quantitative estimate of drug-likeness (QED) is 0.331. The fraction of sp³-hybridized carbons (Fsp3) is 0.222. The van der Waals surface area contributed by atoms with Gasteiger partial charge in [-0.25, -0.2) is 0 Å². The van der Waals surface area contributed by atoms with Gasteiger partial charge in [0.2, 0.25) is 0 Å². The van der Waals surface area contributed by atoms with E-state index < -0.39 is 47.2 Å². The molecule has 12 nitrogen and oxygen atoms in total. The Labute approximate surface area is 223 Å². The van der Waals surface area contributed by atoms with E-state index >= 15 is 0 Å². The van der Waals surface area contributed by atoms with E-state index in [1.54, 1.807) is 24.3 Å². The summed E-state index contributed by atoms with van der Waals surface area (Å²) in [5.41, 5.74) is 1.28. The standard InChI is InChI=1S/C27H25N5O7/c1-17-5-2-7-19(13-17)26(36)30-11-12-31(27(37)20-8-4-10-28-16-20)25(30)24(35)29-22(15-23(33)34)18-6-3-9-21(14-18)32(38)39/h2-10,13-14,16,22,25H,11-12,15H2,1H3,(H,29,35)(H,33,34). The number of carboxylic acids is 1. The summed E-state index contributed by atoms with van der Waals surface area (Å²) in [6.45, 7) is 1.92. The predicted octanol–water partition coefficient (Wildman–Crippen LogP) is 2.55. The second-order valence-electron chi connectivity index (χ2n) is 8.99. The van der Waals surface area contributed by atoms with Crippen molar-refractivity contribution in [1.82, 2.24) is 20.1 Å². The van der Waals surface area contributed by atoms with Gasteiger partial charge >= 0.3 is 5.97 Å². The number of aliphatic carboxylic acids is 1. The highest BCUT2D eigenvalue weighted by molar-refractivity contribution is 6.02. The first kappa shape index (κ1) is 26.9. The normalized spacial score (nSPS) is 15.5. The molecule has 0 radical (unpaired) electrons. The van der Waals surface area contributed by atoms with Crippen LogP contribution in [-0.4, -0.2) is 67.8 Å². The SMILES string of the molecule is Cc1cccc(C(=O)N2CCN(C(=O)c3cccnc3)C2C(=O)NC(CC(=O)O)c2cccc([N+](=O)[O-])c2)c1. The van der Waals surface area contributed by atoms with Gasteiger partial charge in [0.15, 0.2) is 6.17 Å². The van der Waals surface area contributed by atoms with Crippen molar-refractivity contribution in [3.8, 4) is 0 Å². The molecule has 0 saturated carbocycles. The molecule has 0 bridgehead atoms. The third-order valence-electron chi connectivity index (χ3n) is 6.28. The van der Waals surface area contributed by atoms with E-state index in [0.717, 1.165) is 5.56 Å². The molecule has 1 saturated heterocycles. The Morgan fingerprint density at radius 1 is 1.03 bits per heavy atom. The van der Waals surface area contributed by atoms with Gasteiger partial charge in [0.1, 0.15) is 0 Å². The van der Waals surface area contributed by atoms with Crippen molar-refractivity contribution in [2.75, 3.05) is 13.1 Å². The Hall–Kier alpha value is -5.13. The van der Waals surface area contributed by atoms with Gasteiger partial charge in [-0.05, 0) is 36.8 Å². The summed E-state index contributed by atoms with van der Waals surface area (Å²) < 4.78 is 0. The lowest BCUT2D eigenvalue weighted by atomic mass is 10.0. The number of aryl methyl sites for hydroxylation is 1. The van der Waals surface area contributed by atoms with Crippen LogP contribution in [0.25, 0.3) is 0 Å². The van der Waals surface area contributed by atoms with Crippen LogP contribution >= 0.6 is 0 Å². The van der Waals surface area contributed by atoms with Crippen LogP contribution in [0.2, 0.25) is 0 Å². The Bertz CT molecular complexity index is 1430. The molecular weight excluding hydrogens is 506 g/mol. The largest absolute Gasteiger partial charge is 0.481 e. The van der Waals surface area contributed by atoms with Crippen molar-refractivity contribution in [3.05, 3.63) is 105 Å². The molecule has 200 valence electrons. The molecule has 2 aromatic carbocycles. The molecule has 2 N–H and O–H groups in total. The van der Waals surface area contributed by atoms with Crippen LogP contribution in [-0.2, 0) is 9.59 Å². The highest BCUT2D eigenvalue weighted by Gasteiger charge is 2.44. The topological polar surface area (TPSA) is 163 Å². The molecule has 39 heavy (non-hydrogen) atoms. The molecule has 2 atom stereocenters. The average molecular weight is 532 g/mol. The van der Waals surface area contributed by atoms with Gasteiger partial charge in [-0.2, -0.15) is 0 Å². The zero-order valence-corrected chi connectivity index (χ0v) is 20.9. The van der Waals surface area contributed by atoms with E-state index in [-0.39, 0.29) is 29.9 Å². The van der Waals surface area contributed by atoms with Gasteiger partial charge in [0, 0.05) is 43.2 Å². The van der Waals surface area contributed by atoms with Crippen LogP contribution in [0.1, 0.15) is 44.3 Å². The molecular formula is C27H25N5O7. The number of benzene rings is 2. The third-order valence-corrected chi connectivity index (χ3v) is 6.28. The molecule has 3 aromatic rings. The molecule has 1 aliphatic rings. The van der Waals surface area contributed by atoms with Gasteiger partial charge in [0.05, 0.1) is 22.9 Å². The minimum atomic E-state index is -1.40. The number of rotatable bonds is 8. The number of nitrogens with one attached hydrogen (secondary N) is 1. The number of aromatic nitrogens is 1. The van der Waals surface area contributed by atoms with Gasteiger partial charge in [-0.3, -0.25) is 34.3 Å². The maximum atomic E-state index is 13.7. The molecule has 3 amide bonds. The van der Waals surface area contributed by atoms with E-state index in [1.165, 1.54) is 52.5 Å². The molecule has 4 rings (SSSR count). The number of nitro groups is 1. The lowest BCUT2D eigenvalue weighted by molar-refractivity contribution is -0.384. The summed E-state index contributed by atoms with van der Waals surface area (Å²) in [5, 5.41) is 23.4. The van der Waals surface area contributed by atoms with Crippen LogP contribution in [0.4, 0.5) is 5.69 Å². The molecule has 0 aliphatic carbocycles.